The van der Waals surface area contributed by atoms with Crippen LogP contribution in [-0.2, 0) is 0 Å². The molecule has 0 aromatic heterocycles. The van der Waals surface area contributed by atoms with Crippen molar-refractivity contribution in [3.8, 4) is 0 Å². The zero-order chi connectivity index (χ0) is 8.27. The summed E-state index contributed by atoms with van der Waals surface area (Å²) in [6.07, 6.45) is 0. The Balaban J connectivity index is 2.93. The zero-order valence-corrected chi connectivity index (χ0v) is 6.55. The van der Waals surface area contributed by atoms with Crippen molar-refractivity contribution in [2.75, 3.05) is 6.54 Å². The van der Waals surface area contributed by atoms with E-state index in [-0.39, 0.29) is 11.7 Å². The molecule has 1 nitrogen and oxygen atoms in total. The molecule has 2 N–H and O–H groups in total. The number of halogens is 1. The van der Waals surface area contributed by atoms with Crippen molar-refractivity contribution in [3.05, 3.63) is 35.6 Å². The Morgan fingerprint density at radius 2 is 2.09 bits per heavy atom. The third-order valence-corrected chi connectivity index (χ3v) is 1.79. The predicted octanol–water partition coefficient (Wildman–Crippen LogP) is 1.89. The van der Waals surface area contributed by atoms with E-state index in [1.54, 1.807) is 12.1 Å². The molecule has 60 valence electrons. The first-order chi connectivity index (χ1) is 5.25. The van der Waals surface area contributed by atoms with E-state index in [1.165, 1.54) is 6.07 Å². The van der Waals surface area contributed by atoms with Crippen LogP contribution in [0.5, 0.6) is 0 Å². The summed E-state index contributed by atoms with van der Waals surface area (Å²) < 4.78 is 13.0. The van der Waals surface area contributed by atoms with Gasteiger partial charge in [0.2, 0.25) is 0 Å². The van der Waals surface area contributed by atoms with E-state index in [9.17, 15) is 4.39 Å². The SMILES string of the molecule is CC(CN)c1ccccc1F. The standard InChI is InChI=1S/C9H12FN/c1-7(6-11)8-4-2-3-5-9(8)10/h2-5,7H,6,11H2,1H3. The van der Waals surface area contributed by atoms with Gasteiger partial charge in [-0.15, -0.1) is 0 Å². The van der Waals surface area contributed by atoms with Gasteiger partial charge in [0.1, 0.15) is 5.82 Å². The van der Waals surface area contributed by atoms with Gasteiger partial charge in [-0.25, -0.2) is 4.39 Å². The number of benzene rings is 1. The van der Waals surface area contributed by atoms with Crippen molar-refractivity contribution in [2.24, 2.45) is 5.73 Å². The average molecular weight is 153 g/mol. The normalized spacial score (nSPS) is 13.0. The van der Waals surface area contributed by atoms with Crippen molar-refractivity contribution in [1.29, 1.82) is 0 Å². The first-order valence-electron chi connectivity index (χ1n) is 3.70. The van der Waals surface area contributed by atoms with Gasteiger partial charge < -0.3 is 5.73 Å². The second kappa shape index (κ2) is 3.49. The predicted molar refractivity (Wildman–Crippen MR) is 43.9 cm³/mol. The molecule has 0 aliphatic carbocycles. The van der Waals surface area contributed by atoms with Crippen LogP contribution in [0.3, 0.4) is 0 Å². The average Bonchev–Trinajstić information content (AvgIpc) is 2.04. The van der Waals surface area contributed by atoms with Gasteiger partial charge in [-0.2, -0.15) is 0 Å². The van der Waals surface area contributed by atoms with E-state index in [4.69, 9.17) is 5.73 Å². The molecule has 0 spiro atoms. The van der Waals surface area contributed by atoms with Gasteiger partial charge >= 0.3 is 0 Å². The molecule has 0 fully saturated rings. The topological polar surface area (TPSA) is 26.0 Å². The summed E-state index contributed by atoms with van der Waals surface area (Å²) in [5.74, 6) is -0.0540. The molecular weight excluding hydrogens is 141 g/mol. The number of nitrogens with two attached hydrogens (primary N) is 1. The molecule has 11 heavy (non-hydrogen) atoms. The van der Waals surface area contributed by atoms with Crippen LogP contribution in [0.1, 0.15) is 18.4 Å². The summed E-state index contributed by atoms with van der Waals surface area (Å²) in [6.45, 7) is 2.40. The molecular formula is C9H12FN. The van der Waals surface area contributed by atoms with Crippen LogP contribution in [0.4, 0.5) is 4.39 Å². The van der Waals surface area contributed by atoms with E-state index in [0.29, 0.717) is 12.1 Å². The summed E-state index contributed by atoms with van der Waals surface area (Å²) in [6, 6.07) is 6.74. The third kappa shape index (κ3) is 1.77. The van der Waals surface area contributed by atoms with E-state index in [2.05, 4.69) is 0 Å². The summed E-state index contributed by atoms with van der Waals surface area (Å²) in [4.78, 5) is 0. The third-order valence-electron chi connectivity index (χ3n) is 1.79. The van der Waals surface area contributed by atoms with Gasteiger partial charge in [-0.1, -0.05) is 25.1 Å². The Morgan fingerprint density at radius 3 is 2.64 bits per heavy atom. The molecule has 0 radical (unpaired) electrons. The molecule has 0 aliphatic heterocycles. The zero-order valence-electron chi connectivity index (χ0n) is 6.55. The van der Waals surface area contributed by atoms with Crippen LogP contribution >= 0.6 is 0 Å². The quantitative estimate of drug-likeness (QED) is 0.689. The van der Waals surface area contributed by atoms with E-state index >= 15 is 0 Å². The minimum Gasteiger partial charge on any atom is -0.330 e. The maximum Gasteiger partial charge on any atom is 0.126 e. The lowest BCUT2D eigenvalue weighted by molar-refractivity contribution is 0.590. The van der Waals surface area contributed by atoms with Crippen LogP contribution in [0.25, 0.3) is 0 Å². The summed E-state index contributed by atoms with van der Waals surface area (Å²) >= 11 is 0. The molecule has 0 heterocycles. The first kappa shape index (κ1) is 8.21. The minimum absolute atomic E-state index is 0.108. The number of rotatable bonds is 2. The van der Waals surface area contributed by atoms with Crippen LogP contribution < -0.4 is 5.73 Å². The van der Waals surface area contributed by atoms with Crippen LogP contribution in [0.2, 0.25) is 0 Å². The second-order valence-electron chi connectivity index (χ2n) is 2.66. The summed E-state index contributed by atoms with van der Waals surface area (Å²) in [5.41, 5.74) is 6.11. The highest BCUT2D eigenvalue weighted by molar-refractivity contribution is 5.21. The van der Waals surface area contributed by atoms with Crippen molar-refractivity contribution >= 4 is 0 Å². The van der Waals surface area contributed by atoms with Crippen molar-refractivity contribution < 1.29 is 4.39 Å². The molecule has 0 aliphatic rings. The lowest BCUT2D eigenvalue weighted by atomic mass is 10.0. The number of hydrogen-bond donors (Lipinski definition) is 1. The Labute approximate surface area is 66.0 Å². The Morgan fingerprint density at radius 1 is 1.45 bits per heavy atom. The second-order valence-corrected chi connectivity index (χ2v) is 2.66. The molecule has 2 heteroatoms. The van der Waals surface area contributed by atoms with Crippen molar-refractivity contribution in [1.82, 2.24) is 0 Å². The molecule has 1 aromatic rings. The Bertz CT molecular complexity index is 235. The molecule has 0 amide bonds. The molecule has 1 unspecified atom stereocenters. The lowest BCUT2D eigenvalue weighted by Crippen LogP contribution is -2.10. The van der Waals surface area contributed by atoms with Gasteiger partial charge in [-0.05, 0) is 24.1 Å². The fourth-order valence-corrected chi connectivity index (χ4v) is 1.00. The maximum atomic E-state index is 13.0. The van der Waals surface area contributed by atoms with Gasteiger partial charge in [-0.3, -0.25) is 0 Å². The largest absolute Gasteiger partial charge is 0.330 e. The fourth-order valence-electron chi connectivity index (χ4n) is 1.00. The molecule has 0 saturated heterocycles. The smallest absolute Gasteiger partial charge is 0.126 e. The molecule has 1 aromatic carbocycles. The van der Waals surface area contributed by atoms with Crippen LogP contribution in [0.15, 0.2) is 24.3 Å². The summed E-state index contributed by atoms with van der Waals surface area (Å²) in [7, 11) is 0. The molecule has 0 saturated carbocycles. The summed E-state index contributed by atoms with van der Waals surface area (Å²) in [5, 5.41) is 0. The highest BCUT2D eigenvalue weighted by Crippen LogP contribution is 2.16. The van der Waals surface area contributed by atoms with Crippen LogP contribution in [-0.4, -0.2) is 6.54 Å². The van der Waals surface area contributed by atoms with Gasteiger partial charge in [0, 0.05) is 0 Å². The Kier molecular flexibility index (Phi) is 2.60. The van der Waals surface area contributed by atoms with Crippen molar-refractivity contribution in [3.63, 3.8) is 0 Å². The molecule has 0 bridgehead atoms. The lowest BCUT2D eigenvalue weighted by Gasteiger charge is -2.08. The highest BCUT2D eigenvalue weighted by Gasteiger charge is 2.06. The van der Waals surface area contributed by atoms with Gasteiger partial charge in [0.25, 0.3) is 0 Å². The monoisotopic (exact) mass is 153 g/mol. The van der Waals surface area contributed by atoms with Gasteiger partial charge in [0.05, 0.1) is 0 Å². The van der Waals surface area contributed by atoms with Crippen molar-refractivity contribution in [2.45, 2.75) is 12.8 Å². The highest BCUT2D eigenvalue weighted by atomic mass is 19.1. The van der Waals surface area contributed by atoms with E-state index < -0.39 is 0 Å². The minimum atomic E-state index is -0.162. The molecule has 1 rings (SSSR count). The van der Waals surface area contributed by atoms with Crippen LogP contribution in [0, 0.1) is 5.82 Å². The van der Waals surface area contributed by atoms with E-state index in [0.717, 1.165) is 0 Å². The first-order valence-corrected chi connectivity index (χ1v) is 3.70. The van der Waals surface area contributed by atoms with Gasteiger partial charge in [0.15, 0.2) is 0 Å². The number of hydrogen-bond acceptors (Lipinski definition) is 1. The fraction of sp³-hybridized carbons (Fsp3) is 0.333. The maximum absolute atomic E-state index is 13.0. The Hall–Kier alpha value is -0.890. The van der Waals surface area contributed by atoms with E-state index in [1.807, 2.05) is 13.0 Å². The molecule has 1 atom stereocenters.